The van der Waals surface area contributed by atoms with Gasteiger partial charge in [-0.3, -0.25) is 9.59 Å². The summed E-state index contributed by atoms with van der Waals surface area (Å²) in [6, 6.07) is 7.22. The Balaban J connectivity index is 2.15. The summed E-state index contributed by atoms with van der Waals surface area (Å²) >= 11 is 0. The molecule has 0 unspecified atom stereocenters. The number of esters is 1. The van der Waals surface area contributed by atoms with Crippen LogP contribution in [0, 0.1) is 6.92 Å². The fraction of sp³-hybridized carbons (Fsp3) is 0.316. The molecule has 1 aromatic heterocycles. The molecule has 138 valence electrons. The smallest absolute Gasteiger partial charge is 0.339 e. The Morgan fingerprint density at radius 1 is 1.23 bits per heavy atom. The average molecular weight is 357 g/mol. The van der Waals surface area contributed by atoms with Crippen molar-refractivity contribution in [3.8, 4) is 0 Å². The summed E-state index contributed by atoms with van der Waals surface area (Å²) in [7, 11) is 1.32. The quantitative estimate of drug-likeness (QED) is 0.692. The normalized spacial score (nSPS) is 10.3. The first-order valence-corrected chi connectivity index (χ1v) is 8.31. The van der Waals surface area contributed by atoms with Gasteiger partial charge in [0.05, 0.1) is 12.7 Å². The highest BCUT2D eigenvalue weighted by molar-refractivity contribution is 6.00. The summed E-state index contributed by atoms with van der Waals surface area (Å²) in [4.78, 5) is 38.6. The van der Waals surface area contributed by atoms with Crippen LogP contribution in [0.25, 0.3) is 0 Å². The van der Waals surface area contributed by atoms with Gasteiger partial charge in [0.25, 0.3) is 5.91 Å². The lowest BCUT2D eigenvalue weighted by molar-refractivity contribution is -0.114. The molecule has 2 rings (SSSR count). The van der Waals surface area contributed by atoms with Crippen molar-refractivity contribution in [2.24, 2.45) is 0 Å². The summed E-state index contributed by atoms with van der Waals surface area (Å²) in [5.74, 6) is -0.925. The summed E-state index contributed by atoms with van der Waals surface area (Å²) in [5, 5.41) is 5.52. The monoisotopic (exact) mass is 357 g/mol. The van der Waals surface area contributed by atoms with Crippen molar-refractivity contribution in [2.45, 2.75) is 33.7 Å². The lowest BCUT2D eigenvalue weighted by atomic mass is 10.1. The number of amides is 2. The molecule has 7 heteroatoms. The van der Waals surface area contributed by atoms with Crippen LogP contribution in [0.3, 0.4) is 0 Å². The maximum atomic E-state index is 12.5. The number of carbonyl (C=O) groups excluding carboxylic acids is 3. The molecular formula is C19H23N3O4. The molecule has 0 saturated heterocycles. The van der Waals surface area contributed by atoms with E-state index in [9.17, 15) is 14.4 Å². The molecule has 0 aliphatic rings. The molecule has 2 amide bonds. The lowest BCUT2D eigenvalue weighted by Gasteiger charge is -2.08. The van der Waals surface area contributed by atoms with Gasteiger partial charge in [-0.05, 0) is 36.6 Å². The van der Waals surface area contributed by atoms with E-state index in [0.29, 0.717) is 41.2 Å². The minimum Gasteiger partial charge on any atom is -0.465 e. The molecule has 26 heavy (non-hydrogen) atoms. The Morgan fingerprint density at radius 2 is 1.96 bits per heavy atom. The third-order valence-electron chi connectivity index (χ3n) is 4.00. The first kappa shape index (κ1) is 19.2. The molecule has 1 heterocycles. The van der Waals surface area contributed by atoms with E-state index in [1.54, 1.807) is 25.1 Å². The molecule has 0 aliphatic carbocycles. The molecule has 1 aromatic carbocycles. The van der Waals surface area contributed by atoms with E-state index in [0.717, 1.165) is 5.56 Å². The summed E-state index contributed by atoms with van der Waals surface area (Å²) in [6.07, 6.45) is 0.581. The fourth-order valence-corrected chi connectivity index (χ4v) is 2.76. The first-order valence-electron chi connectivity index (χ1n) is 8.31. The molecule has 3 N–H and O–H groups in total. The third-order valence-corrected chi connectivity index (χ3v) is 4.00. The number of hydrogen-bond donors (Lipinski definition) is 3. The molecule has 2 aromatic rings. The number of aromatic nitrogens is 1. The van der Waals surface area contributed by atoms with Gasteiger partial charge in [-0.2, -0.15) is 0 Å². The standard InChI is InChI=1S/C19H23N3O4/c1-5-15-16(19(25)26-4)11(2)17(22-15)18(24)20-10-13-7-6-8-14(9-13)21-12(3)23/h6-9,22H,5,10H2,1-4H3,(H,20,24)(H,21,23). The second-order valence-electron chi connectivity index (χ2n) is 5.89. The van der Waals surface area contributed by atoms with E-state index in [-0.39, 0.29) is 11.8 Å². The number of nitrogens with one attached hydrogen (secondary N) is 3. The summed E-state index contributed by atoms with van der Waals surface area (Å²) in [6.45, 7) is 5.34. The summed E-state index contributed by atoms with van der Waals surface area (Å²) < 4.78 is 4.80. The van der Waals surface area contributed by atoms with Crippen LogP contribution in [0.5, 0.6) is 0 Å². The van der Waals surface area contributed by atoms with Crippen LogP contribution in [-0.2, 0) is 22.5 Å². The number of rotatable bonds is 6. The van der Waals surface area contributed by atoms with Gasteiger partial charge >= 0.3 is 5.97 Å². The molecule has 0 saturated carbocycles. The number of carbonyl (C=O) groups is 3. The third kappa shape index (κ3) is 4.30. The SMILES string of the molecule is CCc1[nH]c(C(=O)NCc2cccc(NC(C)=O)c2)c(C)c1C(=O)OC. The predicted molar refractivity (Wildman–Crippen MR) is 98.2 cm³/mol. The van der Waals surface area contributed by atoms with Crippen molar-refractivity contribution in [3.63, 3.8) is 0 Å². The van der Waals surface area contributed by atoms with E-state index < -0.39 is 5.97 Å². The number of ether oxygens (including phenoxy) is 1. The van der Waals surface area contributed by atoms with Gasteiger partial charge in [0, 0.05) is 24.8 Å². The maximum Gasteiger partial charge on any atom is 0.339 e. The van der Waals surface area contributed by atoms with E-state index in [2.05, 4.69) is 15.6 Å². The van der Waals surface area contributed by atoms with Crippen molar-refractivity contribution in [1.29, 1.82) is 0 Å². The van der Waals surface area contributed by atoms with Gasteiger partial charge < -0.3 is 20.4 Å². The highest BCUT2D eigenvalue weighted by Gasteiger charge is 2.23. The highest BCUT2D eigenvalue weighted by atomic mass is 16.5. The average Bonchev–Trinajstić information content (AvgIpc) is 2.95. The molecule has 0 fully saturated rings. The second-order valence-corrected chi connectivity index (χ2v) is 5.89. The number of methoxy groups -OCH3 is 1. The maximum absolute atomic E-state index is 12.5. The van der Waals surface area contributed by atoms with E-state index in [1.165, 1.54) is 14.0 Å². The molecule has 0 atom stereocenters. The summed E-state index contributed by atoms with van der Waals surface area (Å²) in [5.41, 5.74) is 3.51. The molecule has 0 bridgehead atoms. The van der Waals surface area contributed by atoms with Crippen molar-refractivity contribution >= 4 is 23.5 Å². The molecule has 0 radical (unpaired) electrons. The Kier molecular flexibility index (Phi) is 6.16. The van der Waals surface area contributed by atoms with Gasteiger partial charge in [0.1, 0.15) is 5.69 Å². The van der Waals surface area contributed by atoms with Crippen molar-refractivity contribution in [1.82, 2.24) is 10.3 Å². The topological polar surface area (TPSA) is 100 Å². The van der Waals surface area contributed by atoms with Crippen LogP contribution < -0.4 is 10.6 Å². The largest absolute Gasteiger partial charge is 0.465 e. The van der Waals surface area contributed by atoms with Crippen LogP contribution in [0.2, 0.25) is 0 Å². The molecular weight excluding hydrogens is 334 g/mol. The van der Waals surface area contributed by atoms with E-state index in [1.807, 2.05) is 13.0 Å². The number of anilines is 1. The Bertz CT molecular complexity index is 839. The van der Waals surface area contributed by atoms with Crippen LogP contribution in [0.1, 0.15) is 51.5 Å². The minimum atomic E-state index is -0.461. The zero-order chi connectivity index (χ0) is 19.3. The molecule has 0 aliphatic heterocycles. The first-order chi connectivity index (χ1) is 12.4. The Hall–Kier alpha value is -3.09. The van der Waals surface area contributed by atoms with Crippen LogP contribution >= 0.6 is 0 Å². The van der Waals surface area contributed by atoms with Crippen molar-refractivity contribution < 1.29 is 19.1 Å². The lowest BCUT2D eigenvalue weighted by Crippen LogP contribution is -2.24. The van der Waals surface area contributed by atoms with E-state index in [4.69, 9.17) is 4.74 Å². The fourth-order valence-electron chi connectivity index (χ4n) is 2.76. The highest BCUT2D eigenvalue weighted by Crippen LogP contribution is 2.20. The van der Waals surface area contributed by atoms with Crippen molar-refractivity contribution in [2.75, 3.05) is 12.4 Å². The number of H-pyrrole nitrogens is 1. The predicted octanol–water partition coefficient (Wildman–Crippen LogP) is 2.56. The molecule has 7 nitrogen and oxygen atoms in total. The van der Waals surface area contributed by atoms with Crippen molar-refractivity contribution in [3.05, 3.63) is 52.3 Å². The number of benzene rings is 1. The number of aromatic amines is 1. The van der Waals surface area contributed by atoms with Gasteiger partial charge in [-0.25, -0.2) is 4.79 Å². The number of aryl methyl sites for hydroxylation is 1. The van der Waals surface area contributed by atoms with Gasteiger partial charge in [-0.1, -0.05) is 19.1 Å². The van der Waals surface area contributed by atoms with Crippen LogP contribution in [-0.4, -0.2) is 29.9 Å². The zero-order valence-corrected chi connectivity index (χ0v) is 15.4. The minimum absolute atomic E-state index is 0.157. The number of hydrogen-bond acceptors (Lipinski definition) is 4. The van der Waals surface area contributed by atoms with Crippen LogP contribution in [0.15, 0.2) is 24.3 Å². The Morgan fingerprint density at radius 3 is 2.58 bits per heavy atom. The van der Waals surface area contributed by atoms with Crippen LogP contribution in [0.4, 0.5) is 5.69 Å². The zero-order valence-electron chi connectivity index (χ0n) is 15.4. The van der Waals surface area contributed by atoms with Gasteiger partial charge in [-0.15, -0.1) is 0 Å². The Labute approximate surface area is 152 Å². The van der Waals surface area contributed by atoms with Gasteiger partial charge in [0.2, 0.25) is 5.91 Å². The van der Waals surface area contributed by atoms with Gasteiger partial charge in [0.15, 0.2) is 0 Å². The second kappa shape index (κ2) is 8.33. The molecule has 0 spiro atoms. The van der Waals surface area contributed by atoms with E-state index >= 15 is 0 Å².